The molecular formula is C28H31N5O3. The molecule has 186 valence electrons. The number of hydrogen-bond donors (Lipinski definition) is 4. The second kappa shape index (κ2) is 10.9. The zero-order valence-corrected chi connectivity index (χ0v) is 20.3. The Morgan fingerprint density at radius 2 is 2.03 bits per heavy atom. The lowest BCUT2D eigenvalue weighted by Gasteiger charge is -2.18. The third-order valence-electron chi connectivity index (χ3n) is 6.42. The third kappa shape index (κ3) is 5.56. The minimum absolute atomic E-state index is 0.0483. The molecule has 0 aliphatic carbocycles. The van der Waals surface area contributed by atoms with Crippen LogP contribution in [0.2, 0.25) is 0 Å². The van der Waals surface area contributed by atoms with Gasteiger partial charge in [-0.25, -0.2) is 10.4 Å². The fourth-order valence-corrected chi connectivity index (χ4v) is 4.55. The van der Waals surface area contributed by atoms with Crippen LogP contribution in [0, 0.1) is 5.92 Å². The Balaban J connectivity index is 1.07. The molecule has 4 aromatic rings. The average molecular weight is 486 g/mol. The molecule has 0 bridgehead atoms. The predicted octanol–water partition coefficient (Wildman–Crippen LogP) is 3.54. The van der Waals surface area contributed by atoms with Gasteiger partial charge in [0.25, 0.3) is 0 Å². The minimum Gasteiger partial charge on any atom is -0.490 e. The number of nitrogens with one attached hydrogen (secondary N) is 3. The van der Waals surface area contributed by atoms with Crippen LogP contribution in [0.25, 0.3) is 21.8 Å². The molecule has 1 aliphatic heterocycles. The molecular weight excluding hydrogens is 454 g/mol. The van der Waals surface area contributed by atoms with E-state index >= 15 is 0 Å². The monoisotopic (exact) mass is 485 g/mol. The molecule has 1 aliphatic rings. The molecule has 2 heterocycles. The van der Waals surface area contributed by atoms with E-state index in [1.54, 1.807) is 0 Å². The van der Waals surface area contributed by atoms with Crippen molar-refractivity contribution in [2.75, 3.05) is 19.7 Å². The van der Waals surface area contributed by atoms with Crippen molar-refractivity contribution in [3.05, 3.63) is 72.1 Å². The Labute approximate surface area is 209 Å². The van der Waals surface area contributed by atoms with Crippen LogP contribution in [0.4, 0.5) is 0 Å². The molecule has 1 amide bonds. The van der Waals surface area contributed by atoms with Gasteiger partial charge < -0.3 is 20.1 Å². The average Bonchev–Trinajstić information content (AvgIpc) is 3.29. The highest BCUT2D eigenvalue weighted by Gasteiger charge is 2.22. The molecule has 0 saturated carbocycles. The number of benzene rings is 3. The number of nitrogens with zero attached hydrogens (tertiary/aromatic N) is 2. The minimum atomic E-state index is -0.594. The molecule has 5 rings (SSSR count). The molecule has 0 fully saturated rings. The van der Waals surface area contributed by atoms with Crippen LogP contribution in [0.15, 0.2) is 65.8 Å². The highest BCUT2D eigenvalue weighted by Crippen LogP contribution is 2.25. The van der Waals surface area contributed by atoms with Crippen molar-refractivity contribution in [3.63, 3.8) is 0 Å². The van der Waals surface area contributed by atoms with Crippen molar-refractivity contribution < 1.29 is 14.6 Å². The van der Waals surface area contributed by atoms with Gasteiger partial charge in [-0.1, -0.05) is 49.4 Å². The fraction of sp³-hybridized carbons (Fsp3) is 0.321. The van der Waals surface area contributed by atoms with Gasteiger partial charge in [0, 0.05) is 36.3 Å². The van der Waals surface area contributed by atoms with Gasteiger partial charge in [0.15, 0.2) is 0 Å². The van der Waals surface area contributed by atoms with Gasteiger partial charge >= 0.3 is 0 Å². The summed E-state index contributed by atoms with van der Waals surface area (Å²) in [6.07, 6.45) is 1.54. The van der Waals surface area contributed by atoms with Crippen molar-refractivity contribution in [1.82, 2.24) is 20.7 Å². The number of H-pyrrole nitrogens is 1. The van der Waals surface area contributed by atoms with E-state index in [0.717, 1.165) is 64.0 Å². The van der Waals surface area contributed by atoms with Crippen molar-refractivity contribution in [2.45, 2.75) is 32.3 Å². The number of aromatic nitrogens is 2. The van der Waals surface area contributed by atoms with Crippen molar-refractivity contribution in [3.8, 4) is 5.75 Å². The van der Waals surface area contributed by atoms with Crippen LogP contribution in [0.1, 0.15) is 31.2 Å². The number of rotatable bonds is 10. The topological polar surface area (TPSA) is 112 Å². The molecule has 0 radical (unpaired) electrons. The Bertz CT molecular complexity index is 1390. The number of aliphatic hydroxyl groups excluding tert-OH is 1. The first kappa shape index (κ1) is 24.0. The molecule has 2 atom stereocenters. The number of carbonyl (C=O) groups excluding carboxylic acids is 1. The summed E-state index contributed by atoms with van der Waals surface area (Å²) in [5, 5.41) is 20.0. The second-order valence-electron chi connectivity index (χ2n) is 9.30. The van der Waals surface area contributed by atoms with Crippen LogP contribution in [-0.4, -0.2) is 52.5 Å². The summed E-state index contributed by atoms with van der Waals surface area (Å²) in [7, 11) is 0. The van der Waals surface area contributed by atoms with Crippen LogP contribution in [0.5, 0.6) is 5.75 Å². The van der Waals surface area contributed by atoms with Gasteiger partial charge in [0.1, 0.15) is 24.3 Å². The number of ether oxygens (including phenoxy) is 1. The van der Waals surface area contributed by atoms with Gasteiger partial charge in [-0.15, -0.1) is 0 Å². The summed E-state index contributed by atoms with van der Waals surface area (Å²) in [5.41, 5.74) is 6.31. The largest absolute Gasteiger partial charge is 0.490 e. The van der Waals surface area contributed by atoms with Crippen molar-refractivity contribution in [2.24, 2.45) is 11.0 Å². The zero-order valence-electron chi connectivity index (χ0n) is 20.3. The first-order valence-corrected chi connectivity index (χ1v) is 12.4. The lowest BCUT2D eigenvalue weighted by Crippen LogP contribution is -2.32. The number of fused-ring (bicyclic) bond motifs is 2. The normalized spacial score (nSPS) is 16.7. The van der Waals surface area contributed by atoms with Crippen LogP contribution in [0.3, 0.4) is 0 Å². The number of aliphatic hydroxyl groups is 1. The molecule has 3 aromatic carbocycles. The lowest BCUT2D eigenvalue weighted by atomic mass is 9.94. The summed E-state index contributed by atoms with van der Waals surface area (Å²) < 4.78 is 5.87. The number of hydrazone groups is 1. The summed E-state index contributed by atoms with van der Waals surface area (Å²) in [6.45, 7) is 3.48. The predicted molar refractivity (Wildman–Crippen MR) is 141 cm³/mol. The molecule has 8 heteroatoms. The number of aromatic amines is 1. The van der Waals surface area contributed by atoms with Crippen LogP contribution >= 0.6 is 0 Å². The molecule has 4 N–H and O–H groups in total. The molecule has 36 heavy (non-hydrogen) atoms. The van der Waals surface area contributed by atoms with Crippen LogP contribution in [-0.2, 0) is 11.2 Å². The fourth-order valence-electron chi connectivity index (χ4n) is 4.55. The zero-order chi connectivity index (χ0) is 24.9. The Morgan fingerprint density at radius 3 is 2.92 bits per heavy atom. The Hall–Kier alpha value is -3.75. The molecule has 1 aromatic heterocycles. The molecule has 2 unspecified atom stereocenters. The van der Waals surface area contributed by atoms with E-state index in [0.29, 0.717) is 13.0 Å². The third-order valence-corrected chi connectivity index (χ3v) is 6.42. The van der Waals surface area contributed by atoms with Gasteiger partial charge in [-0.3, -0.25) is 4.79 Å². The maximum Gasteiger partial charge on any atom is 0.240 e. The highest BCUT2D eigenvalue weighted by molar-refractivity contribution is 6.07. The van der Waals surface area contributed by atoms with Gasteiger partial charge in [-0.05, 0) is 36.6 Å². The van der Waals surface area contributed by atoms with E-state index in [4.69, 9.17) is 9.72 Å². The molecule has 8 nitrogen and oxygen atoms in total. The molecule has 0 saturated heterocycles. The van der Waals surface area contributed by atoms with E-state index < -0.39 is 6.10 Å². The highest BCUT2D eigenvalue weighted by atomic mass is 16.5. The van der Waals surface area contributed by atoms with E-state index in [2.05, 4.69) is 20.8 Å². The quantitative estimate of drug-likeness (QED) is 0.257. The van der Waals surface area contributed by atoms with Gasteiger partial charge in [0.2, 0.25) is 5.91 Å². The van der Waals surface area contributed by atoms with Gasteiger partial charge in [-0.2, -0.15) is 5.10 Å². The van der Waals surface area contributed by atoms with Crippen molar-refractivity contribution in [1.29, 1.82) is 0 Å². The first-order valence-electron chi connectivity index (χ1n) is 12.4. The van der Waals surface area contributed by atoms with E-state index in [1.807, 2.05) is 67.6 Å². The molecule has 0 spiro atoms. The SMILES string of the molecule is CC1CC(=O)NN=C1c1ccc2[nH]c(CCCNCC(O)COc3cccc4ccccc34)nc2c1. The summed E-state index contributed by atoms with van der Waals surface area (Å²) in [6, 6.07) is 20.1. The maximum absolute atomic E-state index is 11.5. The van der Waals surface area contributed by atoms with Crippen molar-refractivity contribution >= 4 is 33.4 Å². The smallest absolute Gasteiger partial charge is 0.240 e. The maximum atomic E-state index is 11.5. The summed E-state index contributed by atoms with van der Waals surface area (Å²) >= 11 is 0. The number of amides is 1. The van der Waals surface area contributed by atoms with E-state index in [9.17, 15) is 9.90 Å². The van der Waals surface area contributed by atoms with Crippen LogP contribution < -0.4 is 15.5 Å². The number of hydrogen-bond acceptors (Lipinski definition) is 6. The Morgan fingerprint density at radius 1 is 1.17 bits per heavy atom. The Kier molecular flexibility index (Phi) is 7.25. The first-order chi connectivity index (χ1) is 17.6. The lowest BCUT2D eigenvalue weighted by molar-refractivity contribution is -0.121. The van der Waals surface area contributed by atoms with E-state index in [1.165, 1.54) is 0 Å². The van der Waals surface area contributed by atoms with Gasteiger partial charge in [0.05, 0.1) is 16.7 Å². The number of carbonyl (C=O) groups is 1. The standard InChI is InChI=1S/C28H31N5O3/c1-18-14-27(35)32-33-28(18)20-11-12-23-24(15-20)31-26(30-23)10-5-13-29-16-21(34)17-36-25-9-4-7-19-6-2-3-8-22(19)25/h2-4,6-9,11-12,15,18,21,29,34H,5,10,13-14,16-17H2,1H3,(H,30,31)(H,32,35). The summed E-state index contributed by atoms with van der Waals surface area (Å²) in [4.78, 5) is 19.6. The number of imidazole rings is 1. The van der Waals surface area contributed by atoms with E-state index in [-0.39, 0.29) is 18.4 Å². The summed E-state index contributed by atoms with van der Waals surface area (Å²) in [5.74, 6) is 1.74. The second-order valence-corrected chi connectivity index (χ2v) is 9.30. The number of aryl methyl sites for hydroxylation is 1.